The number of aromatic nitrogens is 1. The predicted molar refractivity (Wildman–Crippen MR) is 169 cm³/mol. The smallest absolute Gasteiger partial charge is 0.269 e. The second-order valence-corrected chi connectivity index (χ2v) is 8.77. The first kappa shape index (κ1) is 33.3. The molecule has 1 aromatic heterocycles. The number of aliphatic hydroxyl groups excluding tert-OH is 1. The van der Waals surface area contributed by atoms with E-state index < -0.39 is 6.10 Å². The molecule has 0 fully saturated rings. The van der Waals surface area contributed by atoms with Crippen LogP contribution >= 0.6 is 0 Å². The van der Waals surface area contributed by atoms with Crippen LogP contribution in [-0.4, -0.2) is 66.8 Å². The van der Waals surface area contributed by atoms with Gasteiger partial charge in [0.2, 0.25) is 0 Å². The monoisotopic (exact) mass is 564 g/mol. The van der Waals surface area contributed by atoms with E-state index in [1.165, 1.54) is 12.1 Å². The summed E-state index contributed by atoms with van der Waals surface area (Å²) in [4.78, 5) is 18.0. The van der Waals surface area contributed by atoms with Crippen LogP contribution in [0.25, 0.3) is 27.9 Å². The Hall–Kier alpha value is -3.88. The number of nitrogens with zero attached hydrogens (tertiary/aromatic N) is 1. The van der Waals surface area contributed by atoms with Gasteiger partial charge in [-0.05, 0) is 48.9 Å². The number of likely N-dealkylation sites (N-methyl/N-ethyl adjacent to an activating group) is 2. The minimum atomic E-state index is -0.716. The molecule has 0 spiro atoms. The lowest BCUT2D eigenvalue weighted by molar-refractivity contribution is -0.127. The molecule has 41 heavy (non-hydrogen) atoms. The molecule has 0 radical (unpaired) electrons. The molecule has 0 aliphatic rings. The molecule has 222 valence electrons. The molecule has 0 saturated heterocycles. The third-order valence-corrected chi connectivity index (χ3v) is 6.19. The van der Waals surface area contributed by atoms with E-state index in [9.17, 15) is 14.3 Å². The number of carbonyl (C=O) groups excluding carboxylic acids is 1. The van der Waals surface area contributed by atoms with Crippen molar-refractivity contribution in [3.05, 3.63) is 83.8 Å². The second-order valence-electron chi connectivity index (χ2n) is 8.77. The average Bonchev–Trinajstić information content (AvgIpc) is 3.40. The number of H-pyrrole nitrogens is 1. The van der Waals surface area contributed by atoms with Gasteiger partial charge < -0.3 is 30.4 Å². The molecule has 0 aliphatic carbocycles. The first-order chi connectivity index (χ1) is 20.0. The van der Waals surface area contributed by atoms with Crippen LogP contribution in [-0.2, 0) is 4.79 Å². The van der Waals surface area contributed by atoms with Crippen LogP contribution in [0.5, 0.6) is 5.75 Å². The molecule has 0 bridgehead atoms. The van der Waals surface area contributed by atoms with E-state index in [0.29, 0.717) is 37.4 Å². The van der Waals surface area contributed by atoms with Gasteiger partial charge in [0.05, 0.1) is 5.52 Å². The normalized spacial score (nSPS) is 11.7. The molecule has 8 heteroatoms. The SMILES string of the molecule is CC.CC.CCN(CCNCC(O)COc1cccc2[nH]c3ccccc3c12)C(=O)/C(=C/c1cccc(F)c1)NC. The Morgan fingerprint density at radius 3 is 2.46 bits per heavy atom. The molecular formula is C33H45FN4O3. The standard InChI is InChI=1S/C29H33FN4O3.2C2H6/c1-3-34(29(36)26(31-2)17-20-8-6-9-21(30)16-20)15-14-32-18-22(35)19-37-27-13-7-12-25-28(27)23-10-4-5-11-24(23)33-25;2*1-2/h4-13,16-17,22,31-33,35H,3,14-15,18-19H2,1-2H3;2*1-2H3/b26-17-;;. The third-order valence-electron chi connectivity index (χ3n) is 6.19. The van der Waals surface area contributed by atoms with Crippen LogP contribution in [0.3, 0.4) is 0 Å². The van der Waals surface area contributed by atoms with Gasteiger partial charge in [-0.3, -0.25) is 4.79 Å². The lowest BCUT2D eigenvalue weighted by atomic mass is 10.1. The Morgan fingerprint density at radius 1 is 1.05 bits per heavy atom. The average molecular weight is 565 g/mol. The Labute approximate surface area is 243 Å². The van der Waals surface area contributed by atoms with E-state index in [2.05, 4.69) is 15.6 Å². The van der Waals surface area contributed by atoms with E-state index >= 15 is 0 Å². The van der Waals surface area contributed by atoms with Gasteiger partial charge in [0.1, 0.15) is 30.0 Å². The maximum atomic E-state index is 13.5. The van der Waals surface area contributed by atoms with Crippen molar-refractivity contribution in [2.24, 2.45) is 0 Å². The van der Waals surface area contributed by atoms with Crippen LogP contribution in [0.4, 0.5) is 4.39 Å². The van der Waals surface area contributed by atoms with Crippen molar-refractivity contribution in [3.63, 3.8) is 0 Å². The highest BCUT2D eigenvalue weighted by molar-refractivity contribution is 6.10. The summed E-state index contributed by atoms with van der Waals surface area (Å²) in [7, 11) is 1.67. The van der Waals surface area contributed by atoms with Crippen LogP contribution in [0.1, 0.15) is 40.2 Å². The number of benzene rings is 3. The Balaban J connectivity index is 0.00000141. The van der Waals surface area contributed by atoms with Crippen molar-refractivity contribution in [3.8, 4) is 5.75 Å². The fourth-order valence-corrected chi connectivity index (χ4v) is 4.29. The zero-order valence-electron chi connectivity index (χ0n) is 25.1. The van der Waals surface area contributed by atoms with Gasteiger partial charge in [0, 0.05) is 49.5 Å². The Bertz CT molecular complexity index is 1390. The fourth-order valence-electron chi connectivity index (χ4n) is 4.29. The topological polar surface area (TPSA) is 89.6 Å². The zero-order valence-corrected chi connectivity index (χ0v) is 25.1. The maximum Gasteiger partial charge on any atom is 0.269 e. The number of halogens is 1. The second kappa shape index (κ2) is 17.7. The zero-order chi connectivity index (χ0) is 30.2. The van der Waals surface area contributed by atoms with Crippen LogP contribution in [0.15, 0.2) is 72.4 Å². The van der Waals surface area contributed by atoms with Crippen molar-refractivity contribution in [2.75, 3.05) is 39.8 Å². The number of hydrogen-bond acceptors (Lipinski definition) is 5. The summed E-state index contributed by atoms with van der Waals surface area (Å²) in [6, 6.07) is 20.0. The summed E-state index contributed by atoms with van der Waals surface area (Å²) in [6.45, 7) is 11.9. The number of carbonyl (C=O) groups is 1. The Kier molecular flexibility index (Phi) is 14.4. The van der Waals surface area contributed by atoms with Crippen molar-refractivity contribution in [1.29, 1.82) is 0 Å². The molecule has 0 saturated carbocycles. The van der Waals surface area contributed by atoms with E-state index in [-0.39, 0.29) is 18.3 Å². The summed E-state index contributed by atoms with van der Waals surface area (Å²) >= 11 is 0. The molecule has 7 nitrogen and oxygen atoms in total. The van der Waals surface area contributed by atoms with Crippen molar-refractivity contribution in [1.82, 2.24) is 20.5 Å². The van der Waals surface area contributed by atoms with Crippen molar-refractivity contribution in [2.45, 2.75) is 40.7 Å². The number of aliphatic hydroxyl groups is 1. The van der Waals surface area contributed by atoms with Gasteiger partial charge >= 0.3 is 0 Å². The summed E-state index contributed by atoms with van der Waals surface area (Å²) < 4.78 is 19.5. The first-order valence-corrected chi connectivity index (χ1v) is 14.5. The van der Waals surface area contributed by atoms with Crippen LogP contribution in [0, 0.1) is 5.82 Å². The molecule has 4 aromatic rings. The summed E-state index contributed by atoms with van der Waals surface area (Å²) in [6.07, 6.45) is 0.920. The number of aromatic amines is 1. The minimum absolute atomic E-state index is 0.141. The number of amides is 1. The van der Waals surface area contributed by atoms with Crippen molar-refractivity contribution < 1.29 is 19.0 Å². The van der Waals surface area contributed by atoms with Gasteiger partial charge in [0.25, 0.3) is 5.91 Å². The molecular weight excluding hydrogens is 519 g/mol. The van der Waals surface area contributed by atoms with Gasteiger partial charge in [-0.2, -0.15) is 0 Å². The van der Waals surface area contributed by atoms with E-state index in [4.69, 9.17) is 4.74 Å². The lowest BCUT2D eigenvalue weighted by Gasteiger charge is -2.23. The number of fused-ring (bicyclic) bond motifs is 3. The van der Waals surface area contributed by atoms with Gasteiger partial charge in [0.15, 0.2) is 0 Å². The van der Waals surface area contributed by atoms with E-state index in [1.807, 2.05) is 77.1 Å². The summed E-state index contributed by atoms with van der Waals surface area (Å²) in [5.41, 5.74) is 3.02. The number of ether oxygens (including phenoxy) is 1. The fraction of sp³-hybridized carbons (Fsp3) is 0.364. The number of rotatable bonds is 12. The highest BCUT2D eigenvalue weighted by Gasteiger charge is 2.16. The molecule has 4 N–H and O–H groups in total. The lowest BCUT2D eigenvalue weighted by Crippen LogP contribution is -2.41. The van der Waals surface area contributed by atoms with E-state index in [1.54, 1.807) is 30.2 Å². The molecule has 1 atom stereocenters. The third kappa shape index (κ3) is 9.33. The maximum absolute atomic E-state index is 13.5. The highest BCUT2D eigenvalue weighted by atomic mass is 19.1. The molecule has 1 unspecified atom stereocenters. The molecule has 4 rings (SSSR count). The van der Waals surface area contributed by atoms with E-state index in [0.717, 1.165) is 27.6 Å². The summed E-state index contributed by atoms with van der Waals surface area (Å²) in [5, 5.41) is 18.7. The molecule has 1 amide bonds. The quantitative estimate of drug-likeness (QED) is 0.126. The van der Waals surface area contributed by atoms with Crippen LogP contribution in [0.2, 0.25) is 0 Å². The largest absolute Gasteiger partial charge is 0.490 e. The molecule has 0 aliphatic heterocycles. The van der Waals surface area contributed by atoms with Gasteiger partial charge in [-0.1, -0.05) is 64.1 Å². The first-order valence-electron chi connectivity index (χ1n) is 14.5. The highest BCUT2D eigenvalue weighted by Crippen LogP contribution is 2.32. The minimum Gasteiger partial charge on any atom is -0.490 e. The number of para-hydroxylation sites is 1. The molecule has 1 heterocycles. The number of hydrogen-bond donors (Lipinski definition) is 4. The van der Waals surface area contributed by atoms with Crippen molar-refractivity contribution >= 4 is 33.8 Å². The van der Waals surface area contributed by atoms with Gasteiger partial charge in [-0.25, -0.2) is 4.39 Å². The van der Waals surface area contributed by atoms with Crippen LogP contribution < -0.4 is 15.4 Å². The summed E-state index contributed by atoms with van der Waals surface area (Å²) in [5.74, 6) is 0.196. The Morgan fingerprint density at radius 2 is 1.76 bits per heavy atom. The predicted octanol–water partition coefficient (Wildman–Crippen LogP) is 5.95. The molecule has 3 aromatic carbocycles. The number of nitrogens with one attached hydrogen (secondary N) is 3. The van der Waals surface area contributed by atoms with Gasteiger partial charge in [-0.15, -0.1) is 0 Å².